The Bertz CT molecular complexity index is 1040. The second-order valence-electron chi connectivity index (χ2n) is 5.51. The molecule has 0 atom stereocenters. The number of thiophene rings is 1. The predicted molar refractivity (Wildman–Crippen MR) is 104 cm³/mol. The summed E-state index contributed by atoms with van der Waals surface area (Å²) < 4.78 is 30.6. The lowest BCUT2D eigenvalue weighted by Gasteiger charge is -2.06. The number of hydrogen-bond acceptors (Lipinski definition) is 5. The average Bonchev–Trinajstić information content (AvgIpc) is 3.07. The van der Waals surface area contributed by atoms with Gasteiger partial charge in [-0.05, 0) is 42.5 Å². The fourth-order valence-electron chi connectivity index (χ4n) is 2.42. The number of amides is 1. The number of ether oxygens (including phenoxy) is 1. The smallest absolute Gasteiger partial charge is 0.261 e. The van der Waals surface area contributed by atoms with Crippen molar-refractivity contribution in [2.75, 3.05) is 19.4 Å². The first kappa shape index (κ1) is 18.7. The van der Waals surface area contributed by atoms with E-state index in [1.165, 1.54) is 30.6 Å². The molecule has 1 heterocycles. The molecule has 1 N–H and O–H groups in total. The lowest BCUT2D eigenvalue weighted by Crippen LogP contribution is -2.28. The molecule has 26 heavy (non-hydrogen) atoms. The van der Waals surface area contributed by atoms with Crippen LogP contribution >= 0.6 is 22.9 Å². The van der Waals surface area contributed by atoms with E-state index in [4.69, 9.17) is 16.3 Å². The summed E-state index contributed by atoms with van der Waals surface area (Å²) in [5.74, 6) is 0.0874. The number of hydrogen-bond donors (Lipinski definition) is 1. The van der Waals surface area contributed by atoms with Crippen molar-refractivity contribution in [1.29, 1.82) is 0 Å². The normalized spacial score (nSPS) is 11.5. The first-order valence-corrected chi connectivity index (χ1v) is 10.6. The lowest BCUT2D eigenvalue weighted by molar-refractivity contribution is 0.0960. The third kappa shape index (κ3) is 4.00. The van der Waals surface area contributed by atoms with Gasteiger partial charge in [-0.15, -0.1) is 11.3 Å². The number of halogens is 1. The molecule has 0 unspecified atom stereocenters. The summed E-state index contributed by atoms with van der Waals surface area (Å²) in [6.07, 6.45) is 0. The van der Waals surface area contributed by atoms with Crippen LogP contribution in [0.4, 0.5) is 0 Å². The summed E-state index contributed by atoms with van der Waals surface area (Å²) in [5, 5.41) is 4.05. The van der Waals surface area contributed by atoms with Crippen LogP contribution in [-0.4, -0.2) is 33.7 Å². The van der Waals surface area contributed by atoms with Crippen molar-refractivity contribution in [3.05, 3.63) is 58.4 Å². The molecule has 136 valence electrons. The van der Waals surface area contributed by atoms with Gasteiger partial charge in [-0.3, -0.25) is 4.79 Å². The summed E-state index contributed by atoms with van der Waals surface area (Å²) in [6, 6.07) is 13.4. The van der Waals surface area contributed by atoms with Crippen LogP contribution < -0.4 is 10.1 Å². The number of nitrogens with one attached hydrogen (secondary N) is 1. The van der Waals surface area contributed by atoms with Gasteiger partial charge in [0.05, 0.1) is 22.6 Å². The molecule has 1 amide bonds. The third-order valence-corrected chi connectivity index (χ3v) is 6.97. The Morgan fingerprint density at radius 3 is 2.58 bits per heavy atom. The molecule has 0 aliphatic carbocycles. The third-order valence-electron chi connectivity index (χ3n) is 3.81. The first-order chi connectivity index (χ1) is 12.4. The average molecular weight is 410 g/mol. The quantitative estimate of drug-likeness (QED) is 0.672. The van der Waals surface area contributed by atoms with Gasteiger partial charge in [-0.25, -0.2) is 8.42 Å². The highest BCUT2D eigenvalue weighted by Crippen LogP contribution is 2.30. The van der Waals surface area contributed by atoms with Crippen molar-refractivity contribution < 1.29 is 17.9 Å². The van der Waals surface area contributed by atoms with Crippen LogP contribution in [0.3, 0.4) is 0 Å². The number of rotatable bonds is 6. The van der Waals surface area contributed by atoms with Crippen LogP contribution in [0.2, 0.25) is 5.02 Å². The van der Waals surface area contributed by atoms with Crippen LogP contribution in [-0.2, 0) is 9.84 Å². The number of fused-ring (bicyclic) bond motifs is 1. The Labute approximate surface area is 160 Å². The molecule has 8 heteroatoms. The van der Waals surface area contributed by atoms with Gasteiger partial charge in [0.25, 0.3) is 5.91 Å². The molecule has 0 bridgehead atoms. The molecular formula is C18H16ClNO4S2. The highest BCUT2D eigenvalue weighted by Gasteiger charge is 2.16. The van der Waals surface area contributed by atoms with E-state index in [1.54, 1.807) is 24.3 Å². The molecule has 0 radical (unpaired) electrons. The van der Waals surface area contributed by atoms with Crippen LogP contribution in [0.5, 0.6) is 5.75 Å². The van der Waals surface area contributed by atoms with Gasteiger partial charge < -0.3 is 10.1 Å². The SMILES string of the molecule is COc1ccc(S(=O)(=O)CCNC(=O)c2cc3c(Cl)cccc3s2)cc1. The van der Waals surface area contributed by atoms with Crippen molar-refractivity contribution in [2.45, 2.75) is 4.90 Å². The van der Waals surface area contributed by atoms with Gasteiger partial charge in [0, 0.05) is 21.7 Å². The monoisotopic (exact) mass is 409 g/mol. The number of carbonyl (C=O) groups excluding carboxylic acids is 1. The predicted octanol–water partition coefficient (Wildman–Crippen LogP) is 3.77. The van der Waals surface area contributed by atoms with E-state index < -0.39 is 9.84 Å². The van der Waals surface area contributed by atoms with E-state index in [9.17, 15) is 13.2 Å². The summed E-state index contributed by atoms with van der Waals surface area (Å²) in [5.41, 5.74) is 0. The molecular weight excluding hydrogens is 394 g/mol. The molecule has 2 aromatic carbocycles. The van der Waals surface area contributed by atoms with Gasteiger partial charge in [-0.2, -0.15) is 0 Å². The second-order valence-corrected chi connectivity index (χ2v) is 9.11. The standard InChI is InChI=1S/C18H16ClNO4S2/c1-24-12-5-7-13(8-6-12)26(22,23)10-9-20-18(21)17-11-14-15(19)3-2-4-16(14)25-17/h2-8,11H,9-10H2,1H3,(H,20,21). The highest BCUT2D eigenvalue weighted by molar-refractivity contribution is 7.91. The zero-order valence-electron chi connectivity index (χ0n) is 13.9. The summed E-state index contributed by atoms with van der Waals surface area (Å²) in [6.45, 7) is 0.0230. The summed E-state index contributed by atoms with van der Waals surface area (Å²) in [7, 11) is -1.97. The maximum atomic E-state index is 12.3. The Kier molecular flexibility index (Phi) is 5.50. The number of benzene rings is 2. The van der Waals surface area contributed by atoms with Crippen LogP contribution in [0.15, 0.2) is 53.4 Å². The van der Waals surface area contributed by atoms with Crippen molar-refractivity contribution >= 4 is 48.8 Å². The zero-order chi connectivity index (χ0) is 18.7. The van der Waals surface area contributed by atoms with E-state index in [2.05, 4.69) is 5.32 Å². The highest BCUT2D eigenvalue weighted by atomic mass is 35.5. The van der Waals surface area contributed by atoms with Gasteiger partial charge >= 0.3 is 0 Å². The van der Waals surface area contributed by atoms with Crippen LogP contribution in [0, 0.1) is 0 Å². The summed E-state index contributed by atoms with van der Waals surface area (Å²) in [4.78, 5) is 13.0. The largest absolute Gasteiger partial charge is 0.497 e. The molecule has 5 nitrogen and oxygen atoms in total. The second kappa shape index (κ2) is 7.65. The molecule has 3 aromatic rings. The molecule has 0 aliphatic heterocycles. The summed E-state index contributed by atoms with van der Waals surface area (Å²) >= 11 is 7.43. The maximum Gasteiger partial charge on any atom is 0.261 e. The number of carbonyl (C=O) groups is 1. The minimum Gasteiger partial charge on any atom is -0.497 e. The fourth-order valence-corrected chi connectivity index (χ4v) is 4.87. The van der Waals surface area contributed by atoms with E-state index in [0.29, 0.717) is 15.6 Å². The molecule has 0 saturated carbocycles. The minimum atomic E-state index is -3.48. The Hall–Kier alpha value is -2.09. The molecule has 1 aromatic heterocycles. The number of sulfone groups is 1. The van der Waals surface area contributed by atoms with Gasteiger partial charge in [0.15, 0.2) is 9.84 Å². The molecule has 3 rings (SSSR count). The van der Waals surface area contributed by atoms with Gasteiger partial charge in [-0.1, -0.05) is 17.7 Å². The first-order valence-electron chi connectivity index (χ1n) is 7.74. The minimum absolute atomic E-state index is 0.0230. The van der Waals surface area contributed by atoms with Crippen molar-refractivity contribution in [2.24, 2.45) is 0 Å². The zero-order valence-corrected chi connectivity index (χ0v) is 16.2. The topological polar surface area (TPSA) is 72.5 Å². The van der Waals surface area contributed by atoms with Crippen molar-refractivity contribution in [3.8, 4) is 5.75 Å². The molecule has 0 fully saturated rings. The Morgan fingerprint density at radius 2 is 1.92 bits per heavy atom. The van der Waals surface area contributed by atoms with E-state index >= 15 is 0 Å². The van der Waals surface area contributed by atoms with Crippen molar-refractivity contribution in [1.82, 2.24) is 5.32 Å². The van der Waals surface area contributed by atoms with E-state index in [1.807, 2.05) is 12.1 Å². The molecule has 0 spiro atoms. The van der Waals surface area contributed by atoms with E-state index in [-0.39, 0.29) is 23.1 Å². The lowest BCUT2D eigenvalue weighted by atomic mass is 10.2. The van der Waals surface area contributed by atoms with Gasteiger partial charge in [0.2, 0.25) is 0 Å². The van der Waals surface area contributed by atoms with Crippen molar-refractivity contribution in [3.63, 3.8) is 0 Å². The maximum absolute atomic E-state index is 12.3. The number of methoxy groups -OCH3 is 1. The Balaban J connectivity index is 1.64. The van der Waals surface area contributed by atoms with Crippen LogP contribution in [0.25, 0.3) is 10.1 Å². The van der Waals surface area contributed by atoms with E-state index in [0.717, 1.165) is 10.1 Å². The fraction of sp³-hybridized carbons (Fsp3) is 0.167. The Morgan fingerprint density at radius 1 is 1.19 bits per heavy atom. The molecule has 0 saturated heterocycles. The molecule has 0 aliphatic rings. The van der Waals surface area contributed by atoms with Crippen LogP contribution in [0.1, 0.15) is 9.67 Å². The van der Waals surface area contributed by atoms with Gasteiger partial charge in [0.1, 0.15) is 5.75 Å².